The van der Waals surface area contributed by atoms with Crippen molar-refractivity contribution in [2.45, 2.75) is 104 Å². The van der Waals surface area contributed by atoms with Gasteiger partial charge in [0, 0.05) is 44.2 Å². The van der Waals surface area contributed by atoms with Gasteiger partial charge >= 0.3 is 0 Å². The lowest BCUT2D eigenvalue weighted by molar-refractivity contribution is 0.311. The van der Waals surface area contributed by atoms with Gasteiger partial charge in [-0.15, -0.1) is 0 Å². The highest BCUT2D eigenvalue weighted by atomic mass is 32.2. The van der Waals surface area contributed by atoms with Gasteiger partial charge in [-0.05, 0) is 173 Å². The lowest BCUT2D eigenvalue weighted by atomic mass is 10.0. The van der Waals surface area contributed by atoms with Gasteiger partial charge < -0.3 is 19.9 Å². The molecule has 1 aliphatic heterocycles. The van der Waals surface area contributed by atoms with Crippen LogP contribution in [0, 0.1) is 41.5 Å². The normalized spacial score (nSPS) is 12.8. The van der Waals surface area contributed by atoms with Crippen LogP contribution < -0.4 is 21.4 Å². The van der Waals surface area contributed by atoms with E-state index in [4.69, 9.17) is 8.37 Å². The van der Waals surface area contributed by atoms with Gasteiger partial charge in [-0.25, -0.2) is 0 Å². The molecule has 60 heavy (non-hydrogen) atoms. The van der Waals surface area contributed by atoms with Gasteiger partial charge in [-0.1, -0.05) is 49.2 Å². The molecule has 0 atom stereocenters. The van der Waals surface area contributed by atoms with Crippen LogP contribution in [0.3, 0.4) is 0 Å². The van der Waals surface area contributed by atoms with Crippen molar-refractivity contribution in [2.24, 2.45) is 0 Å². The molecule has 7 rings (SSSR count). The van der Waals surface area contributed by atoms with Crippen molar-refractivity contribution in [3.8, 4) is 0 Å². The van der Waals surface area contributed by atoms with E-state index in [-0.39, 0.29) is 23.0 Å². The Hall–Kier alpha value is -5.14. The molecular formula is C48H56N4O6S2. The molecule has 12 heteroatoms. The third-order valence-electron chi connectivity index (χ3n) is 11.9. The molecule has 0 radical (unpaired) electrons. The Morgan fingerprint density at radius 3 is 1.32 bits per heavy atom. The summed E-state index contributed by atoms with van der Waals surface area (Å²) in [4.78, 5) is 15.2. The number of aromatic nitrogens is 4. The van der Waals surface area contributed by atoms with Crippen LogP contribution in [0.25, 0.3) is 24.3 Å². The standard InChI is InChI=1S/C48H56N4O6S2/c1-9-37-31(5)41-25-42-33(7)39(13-11-23-57-59(53,54)35-19-15-29(3)16-20-35)47(51-42)28-48-40(14-12-24-58-60(55,56)36-21-17-30(4)18-22-36)34(8)44(52-48)27-46-38(10-2)32(6)43(50-46)26-45(37)49-41/h15-22,25-28,49-52H,9-14,23-24H2,1-8H3. The quantitative estimate of drug-likeness (QED) is 0.0748. The molecule has 6 aromatic rings. The molecule has 1 aliphatic rings. The van der Waals surface area contributed by atoms with Crippen LogP contribution in [0.15, 0.2) is 58.3 Å². The molecule has 0 unspecified atom stereocenters. The van der Waals surface area contributed by atoms with Gasteiger partial charge in [0.2, 0.25) is 0 Å². The van der Waals surface area contributed by atoms with E-state index in [9.17, 15) is 16.8 Å². The maximum absolute atomic E-state index is 13.0. The van der Waals surface area contributed by atoms with Crippen LogP contribution in [0.5, 0.6) is 0 Å². The zero-order valence-corrected chi connectivity index (χ0v) is 37.5. The summed E-state index contributed by atoms with van der Waals surface area (Å²) in [6.07, 6.45) is 12.5. The number of nitrogens with one attached hydrogen (secondary N) is 4. The van der Waals surface area contributed by atoms with Crippen molar-refractivity contribution < 1.29 is 25.2 Å². The van der Waals surface area contributed by atoms with E-state index in [1.807, 2.05) is 13.8 Å². The molecule has 0 aliphatic carbocycles. The fraction of sp³-hybridized carbons (Fsp3) is 0.333. The van der Waals surface area contributed by atoms with Crippen molar-refractivity contribution in [3.05, 3.63) is 148 Å². The van der Waals surface area contributed by atoms with Gasteiger partial charge in [-0.3, -0.25) is 8.37 Å². The summed E-state index contributed by atoms with van der Waals surface area (Å²) in [5.41, 5.74) is 15.0. The second-order valence-electron chi connectivity index (χ2n) is 15.9. The summed E-state index contributed by atoms with van der Waals surface area (Å²) < 4.78 is 63.1. The molecule has 316 valence electrons. The molecule has 0 saturated carbocycles. The first kappa shape index (κ1) is 43.0. The molecule has 0 spiro atoms. The summed E-state index contributed by atoms with van der Waals surface area (Å²) in [5.74, 6) is 0. The highest BCUT2D eigenvalue weighted by molar-refractivity contribution is 7.87. The maximum atomic E-state index is 13.0. The minimum Gasteiger partial charge on any atom is -0.355 e. The largest absolute Gasteiger partial charge is 0.355 e. The Morgan fingerprint density at radius 1 is 0.433 bits per heavy atom. The van der Waals surface area contributed by atoms with Gasteiger partial charge in [-0.2, -0.15) is 16.8 Å². The van der Waals surface area contributed by atoms with E-state index in [2.05, 4.69) is 85.8 Å². The van der Waals surface area contributed by atoms with Crippen LogP contribution in [0.4, 0.5) is 0 Å². The second-order valence-corrected chi connectivity index (χ2v) is 19.1. The van der Waals surface area contributed by atoms with E-state index in [1.54, 1.807) is 48.5 Å². The summed E-state index contributed by atoms with van der Waals surface area (Å²) in [5, 5.41) is 3.95. The van der Waals surface area contributed by atoms with Crippen molar-refractivity contribution >= 4 is 44.5 Å². The molecule has 10 nitrogen and oxygen atoms in total. The summed E-state index contributed by atoms with van der Waals surface area (Å²) in [7, 11) is -7.81. The van der Waals surface area contributed by atoms with Gasteiger partial charge in [0.05, 0.1) is 23.0 Å². The molecule has 5 heterocycles. The molecule has 0 fully saturated rings. The highest BCUT2D eigenvalue weighted by Gasteiger charge is 2.20. The van der Waals surface area contributed by atoms with Crippen LogP contribution in [0.1, 0.15) is 105 Å². The summed E-state index contributed by atoms with van der Waals surface area (Å²) in [6, 6.07) is 13.3. The Bertz CT molecular complexity index is 3040. The number of rotatable bonds is 14. The number of benzene rings is 2. The number of aromatic amines is 4. The zero-order valence-electron chi connectivity index (χ0n) is 35.9. The van der Waals surface area contributed by atoms with E-state index in [0.29, 0.717) is 25.7 Å². The number of hydrogen-bond acceptors (Lipinski definition) is 6. The van der Waals surface area contributed by atoms with Crippen LogP contribution in [-0.4, -0.2) is 50.0 Å². The molecule has 2 aromatic carbocycles. The first-order chi connectivity index (χ1) is 28.6. The van der Waals surface area contributed by atoms with E-state index in [1.165, 1.54) is 22.3 Å². The maximum Gasteiger partial charge on any atom is 0.296 e. The number of fused-ring (bicyclic) bond motifs is 8. The minimum absolute atomic E-state index is 0.0305. The average molecular weight is 849 g/mol. The Morgan fingerprint density at radius 2 is 0.817 bits per heavy atom. The van der Waals surface area contributed by atoms with Crippen molar-refractivity contribution in [1.29, 1.82) is 0 Å². The van der Waals surface area contributed by atoms with Gasteiger partial charge in [0.1, 0.15) is 0 Å². The van der Waals surface area contributed by atoms with Crippen molar-refractivity contribution in [3.63, 3.8) is 0 Å². The minimum atomic E-state index is -3.90. The first-order valence-electron chi connectivity index (χ1n) is 20.8. The monoisotopic (exact) mass is 848 g/mol. The topological polar surface area (TPSA) is 150 Å². The van der Waals surface area contributed by atoms with E-state index in [0.717, 1.165) is 90.4 Å². The lowest BCUT2D eigenvalue weighted by Gasteiger charge is -2.07. The number of H-pyrrole nitrogens is 4. The summed E-state index contributed by atoms with van der Waals surface area (Å²) in [6.45, 7) is 16.8. The Kier molecular flexibility index (Phi) is 12.5. The predicted octanol–water partition coefficient (Wildman–Crippen LogP) is 6.28. The molecule has 0 saturated heterocycles. The smallest absolute Gasteiger partial charge is 0.296 e. The lowest BCUT2D eigenvalue weighted by Crippen LogP contribution is -2.14. The predicted molar refractivity (Wildman–Crippen MR) is 239 cm³/mol. The highest BCUT2D eigenvalue weighted by Crippen LogP contribution is 2.24. The van der Waals surface area contributed by atoms with Crippen molar-refractivity contribution in [2.75, 3.05) is 13.2 Å². The number of aryl methyl sites for hydroxylation is 2. The van der Waals surface area contributed by atoms with Crippen LogP contribution in [0.2, 0.25) is 0 Å². The Balaban J connectivity index is 1.31. The Labute approximate surface area is 353 Å². The van der Waals surface area contributed by atoms with Gasteiger partial charge in [0.25, 0.3) is 20.2 Å². The molecule has 0 amide bonds. The van der Waals surface area contributed by atoms with E-state index >= 15 is 0 Å². The van der Waals surface area contributed by atoms with Crippen molar-refractivity contribution in [1.82, 2.24) is 19.9 Å². The molecule has 8 bridgehead atoms. The molecule has 4 N–H and O–H groups in total. The van der Waals surface area contributed by atoms with Crippen LogP contribution in [-0.2, 0) is 54.3 Å². The van der Waals surface area contributed by atoms with Crippen LogP contribution >= 0.6 is 0 Å². The third-order valence-corrected chi connectivity index (χ3v) is 14.6. The second kappa shape index (κ2) is 17.5. The first-order valence-corrected chi connectivity index (χ1v) is 23.6. The number of hydrogen-bond donors (Lipinski definition) is 4. The van der Waals surface area contributed by atoms with E-state index < -0.39 is 20.2 Å². The third kappa shape index (κ3) is 8.83. The average Bonchev–Trinajstić information content (AvgIpc) is 3.88. The fourth-order valence-electron chi connectivity index (χ4n) is 8.30. The summed E-state index contributed by atoms with van der Waals surface area (Å²) >= 11 is 0. The zero-order chi connectivity index (χ0) is 42.9. The molecular weight excluding hydrogens is 793 g/mol. The van der Waals surface area contributed by atoms with Gasteiger partial charge in [0.15, 0.2) is 0 Å². The SMILES string of the molecule is CCc1c2[nH]c(c1C)C=c1[nH]c(c(CCCOS(=O)(=O)c3ccc(C)cc3)c1C)=Cc1[nH]c(c(C)c1CCCOS(=O)(=O)c1ccc(C)cc1)C=c1[nH]c(c(C)c1CC)=C2. The molecule has 4 aromatic heterocycles. The fourth-order valence-corrected chi connectivity index (χ4v) is 10.2.